The van der Waals surface area contributed by atoms with Crippen LogP contribution in [0.15, 0.2) is 59.1 Å². The van der Waals surface area contributed by atoms with Crippen LogP contribution in [0.2, 0.25) is 0 Å². The van der Waals surface area contributed by atoms with Gasteiger partial charge in [0.1, 0.15) is 5.01 Å². The predicted octanol–water partition coefficient (Wildman–Crippen LogP) is 5.69. The Morgan fingerprint density at radius 3 is 2.35 bits per heavy atom. The molecule has 40 heavy (non-hydrogen) atoms. The van der Waals surface area contributed by atoms with Crippen molar-refractivity contribution in [3.63, 3.8) is 0 Å². The second kappa shape index (κ2) is 10.6. The van der Waals surface area contributed by atoms with E-state index < -0.39 is 21.9 Å². The van der Waals surface area contributed by atoms with Crippen molar-refractivity contribution in [2.45, 2.75) is 48.7 Å². The van der Waals surface area contributed by atoms with Crippen LogP contribution in [0.1, 0.15) is 42.9 Å². The van der Waals surface area contributed by atoms with Crippen molar-refractivity contribution in [2.75, 3.05) is 33.2 Å². The quantitative estimate of drug-likeness (QED) is 0.298. The van der Waals surface area contributed by atoms with E-state index in [1.807, 2.05) is 6.07 Å². The van der Waals surface area contributed by atoms with E-state index in [0.717, 1.165) is 78.1 Å². The van der Waals surface area contributed by atoms with Crippen LogP contribution in [-0.4, -0.2) is 71.4 Å². The molecule has 4 aromatic rings. The number of piperazine rings is 1. The summed E-state index contributed by atoms with van der Waals surface area (Å²) in [5.74, 6) is 0.254. The first-order chi connectivity index (χ1) is 19.1. The fraction of sp³-hybridized carbons (Fsp3) is 0.429. The van der Waals surface area contributed by atoms with Crippen molar-refractivity contribution in [1.82, 2.24) is 23.7 Å². The molecule has 4 heterocycles. The van der Waals surface area contributed by atoms with E-state index in [1.54, 1.807) is 24.4 Å². The van der Waals surface area contributed by atoms with E-state index in [1.165, 1.54) is 18.3 Å². The lowest BCUT2D eigenvalue weighted by Crippen LogP contribution is -2.49. The summed E-state index contributed by atoms with van der Waals surface area (Å²) >= 11 is 0.846. The number of pyridine rings is 1. The summed E-state index contributed by atoms with van der Waals surface area (Å²) in [5.41, 5.74) is 0.492. The molecule has 2 aliphatic rings. The molecule has 0 spiro atoms. The Kier molecular flexibility index (Phi) is 7.22. The van der Waals surface area contributed by atoms with Crippen LogP contribution in [0.3, 0.4) is 0 Å². The van der Waals surface area contributed by atoms with E-state index in [2.05, 4.69) is 26.8 Å². The molecule has 1 aromatic carbocycles. The van der Waals surface area contributed by atoms with Gasteiger partial charge in [0.2, 0.25) is 0 Å². The number of benzene rings is 1. The molecule has 0 atom stereocenters. The molecule has 212 valence electrons. The molecule has 1 aliphatic carbocycles. The minimum Gasteiger partial charge on any atom is -0.304 e. The molecule has 3 aromatic heterocycles. The highest BCUT2D eigenvalue weighted by Gasteiger charge is 2.35. The Morgan fingerprint density at radius 1 is 1.00 bits per heavy atom. The number of nitrogens with zero attached hydrogens (tertiary/aromatic N) is 5. The Morgan fingerprint density at radius 2 is 1.70 bits per heavy atom. The van der Waals surface area contributed by atoms with Crippen molar-refractivity contribution >= 4 is 32.4 Å². The first kappa shape index (κ1) is 27.4. The highest BCUT2D eigenvalue weighted by atomic mass is 32.2. The smallest absolute Gasteiger partial charge is 0.304 e. The number of thiazole rings is 1. The van der Waals surface area contributed by atoms with Gasteiger partial charge in [-0.25, -0.2) is 22.4 Å². The summed E-state index contributed by atoms with van der Waals surface area (Å²) in [6.07, 6.45) is 2.61. The topological polar surface area (TPSA) is 71.3 Å². The number of hydrogen-bond donors (Lipinski definition) is 0. The molecule has 2 fully saturated rings. The average Bonchev–Trinajstić information content (AvgIpc) is 3.60. The summed E-state index contributed by atoms with van der Waals surface area (Å²) < 4.78 is 68.3. The lowest BCUT2D eigenvalue weighted by molar-refractivity contribution is -0.140. The summed E-state index contributed by atoms with van der Waals surface area (Å²) in [4.78, 5) is 13.4. The molecule has 1 aliphatic heterocycles. The van der Waals surface area contributed by atoms with Gasteiger partial charge < -0.3 is 4.90 Å². The fourth-order valence-electron chi connectivity index (χ4n) is 5.87. The summed E-state index contributed by atoms with van der Waals surface area (Å²) in [5, 5.41) is 1.56. The fourth-order valence-corrected chi connectivity index (χ4v) is 8.06. The minimum atomic E-state index is -4.59. The van der Waals surface area contributed by atoms with Gasteiger partial charge in [0.05, 0.1) is 4.90 Å². The van der Waals surface area contributed by atoms with Crippen molar-refractivity contribution in [3.05, 3.63) is 65.4 Å². The maximum atomic E-state index is 13.6. The van der Waals surface area contributed by atoms with E-state index in [9.17, 15) is 21.6 Å². The van der Waals surface area contributed by atoms with E-state index in [-0.39, 0.29) is 21.5 Å². The normalized spacial score (nSPS) is 21.7. The Hall–Kier alpha value is -2.80. The standard InChI is InChI=1S/C28H30F3N5O2S2/c1-34-11-13-35(14-12-34)21-9-7-19(8-10-21)20-15-23-24(27-33-25(18-39-27)28(29,30)31)17-36(26(23)32-16-20)40(37,38)22-5-3-2-4-6-22/h2-6,15-19,21H,7-14H2,1H3/t19-,21+. The van der Waals surface area contributed by atoms with Gasteiger partial charge in [-0.05, 0) is 62.4 Å². The van der Waals surface area contributed by atoms with Gasteiger partial charge in [0.15, 0.2) is 11.3 Å². The van der Waals surface area contributed by atoms with Crippen LogP contribution in [0.4, 0.5) is 13.2 Å². The molecule has 12 heteroatoms. The molecule has 7 nitrogen and oxygen atoms in total. The van der Waals surface area contributed by atoms with Crippen LogP contribution in [0, 0.1) is 0 Å². The van der Waals surface area contributed by atoms with Crippen molar-refractivity contribution in [1.29, 1.82) is 0 Å². The Balaban J connectivity index is 1.36. The molecular weight excluding hydrogens is 559 g/mol. The van der Waals surface area contributed by atoms with Gasteiger partial charge in [-0.1, -0.05) is 18.2 Å². The van der Waals surface area contributed by atoms with Gasteiger partial charge in [0, 0.05) is 60.9 Å². The SMILES string of the molecule is CN1CCN([C@H]2CC[C@@H](c3cnc4c(c3)c(-c3nc(C(F)(F)F)cs3)cn4S(=O)(=O)c3ccccc3)CC2)CC1. The number of alkyl halides is 3. The first-order valence-corrected chi connectivity index (χ1v) is 15.7. The third kappa shape index (κ3) is 5.17. The maximum absolute atomic E-state index is 13.6. The lowest BCUT2D eigenvalue weighted by atomic mass is 9.81. The zero-order chi connectivity index (χ0) is 28.1. The number of aromatic nitrogens is 3. The minimum absolute atomic E-state index is 0.0710. The number of likely N-dealkylation sites (N-methyl/N-ethyl adjacent to an activating group) is 1. The van der Waals surface area contributed by atoms with Crippen LogP contribution in [0.25, 0.3) is 21.6 Å². The van der Waals surface area contributed by atoms with Crippen LogP contribution in [-0.2, 0) is 16.2 Å². The van der Waals surface area contributed by atoms with Gasteiger partial charge >= 0.3 is 6.18 Å². The van der Waals surface area contributed by atoms with E-state index in [0.29, 0.717) is 17.0 Å². The van der Waals surface area contributed by atoms with Gasteiger partial charge in [0.25, 0.3) is 10.0 Å². The number of fused-ring (bicyclic) bond motifs is 1. The monoisotopic (exact) mass is 589 g/mol. The highest BCUT2D eigenvalue weighted by Crippen LogP contribution is 2.40. The molecular formula is C28H30F3N5O2S2. The molecule has 0 amide bonds. The van der Waals surface area contributed by atoms with Crippen LogP contribution < -0.4 is 0 Å². The molecule has 6 rings (SSSR count). The zero-order valence-electron chi connectivity index (χ0n) is 22.0. The Bertz CT molecular complexity index is 1600. The molecule has 0 unspecified atom stereocenters. The van der Waals surface area contributed by atoms with E-state index >= 15 is 0 Å². The lowest BCUT2D eigenvalue weighted by Gasteiger charge is -2.41. The third-order valence-corrected chi connectivity index (χ3v) is 10.7. The third-order valence-electron chi connectivity index (χ3n) is 8.18. The van der Waals surface area contributed by atoms with Crippen LogP contribution >= 0.6 is 11.3 Å². The largest absolute Gasteiger partial charge is 0.434 e. The van der Waals surface area contributed by atoms with Crippen LogP contribution in [0.5, 0.6) is 0 Å². The van der Waals surface area contributed by atoms with Crippen molar-refractivity contribution in [2.24, 2.45) is 0 Å². The van der Waals surface area contributed by atoms with Crippen molar-refractivity contribution < 1.29 is 21.6 Å². The van der Waals surface area contributed by atoms with Gasteiger partial charge in [-0.15, -0.1) is 11.3 Å². The van der Waals surface area contributed by atoms with Gasteiger partial charge in [-0.3, -0.25) is 4.90 Å². The van der Waals surface area contributed by atoms with Crippen molar-refractivity contribution in [3.8, 4) is 10.6 Å². The molecule has 0 radical (unpaired) electrons. The average molecular weight is 590 g/mol. The first-order valence-electron chi connectivity index (χ1n) is 13.4. The zero-order valence-corrected chi connectivity index (χ0v) is 23.6. The molecule has 0 N–H and O–H groups in total. The summed E-state index contributed by atoms with van der Waals surface area (Å²) in [6, 6.07) is 10.4. The number of hydrogen-bond acceptors (Lipinski definition) is 7. The van der Waals surface area contributed by atoms with Gasteiger partial charge in [-0.2, -0.15) is 13.2 Å². The number of rotatable bonds is 5. The van der Waals surface area contributed by atoms with E-state index in [4.69, 9.17) is 0 Å². The Labute approximate surface area is 235 Å². The predicted molar refractivity (Wildman–Crippen MR) is 149 cm³/mol. The second-order valence-electron chi connectivity index (χ2n) is 10.7. The molecule has 0 bridgehead atoms. The molecule has 1 saturated carbocycles. The number of halogens is 3. The maximum Gasteiger partial charge on any atom is 0.434 e. The second-order valence-corrected chi connectivity index (χ2v) is 13.3. The summed E-state index contributed by atoms with van der Waals surface area (Å²) in [6.45, 7) is 4.33. The summed E-state index contributed by atoms with van der Waals surface area (Å²) in [7, 11) is -1.88. The highest BCUT2D eigenvalue weighted by molar-refractivity contribution is 7.90. The molecule has 1 saturated heterocycles.